The molecule has 1 saturated heterocycles. The summed E-state index contributed by atoms with van der Waals surface area (Å²) in [6.45, 7) is 8.89. The molecule has 0 bridgehead atoms. The van der Waals surface area contributed by atoms with Gasteiger partial charge < -0.3 is 15.7 Å². The molecule has 3 nitrogen and oxygen atoms in total. The number of phenolic OH excluding ortho intramolecular Hbond substituents is 1. The Hall–Kier alpha value is -1.06. The summed E-state index contributed by atoms with van der Waals surface area (Å²) in [5.41, 5.74) is 1.41. The van der Waals surface area contributed by atoms with Crippen LogP contribution in [0.5, 0.6) is 5.75 Å². The summed E-state index contributed by atoms with van der Waals surface area (Å²) in [5, 5.41) is 16.7. The molecule has 1 aliphatic heterocycles. The fraction of sp³-hybridized carbons (Fsp3) is 0.600. The highest BCUT2D eigenvalue weighted by Gasteiger charge is 2.32. The van der Waals surface area contributed by atoms with Gasteiger partial charge in [-0.1, -0.05) is 26.0 Å². The lowest BCUT2D eigenvalue weighted by atomic mass is 9.79. The van der Waals surface area contributed by atoms with E-state index in [4.69, 9.17) is 0 Å². The highest BCUT2D eigenvalue weighted by atomic mass is 16.3. The zero-order valence-corrected chi connectivity index (χ0v) is 11.5. The molecule has 1 aliphatic rings. The van der Waals surface area contributed by atoms with E-state index >= 15 is 0 Å². The summed E-state index contributed by atoms with van der Waals surface area (Å²) in [4.78, 5) is 0. The van der Waals surface area contributed by atoms with Crippen LogP contribution in [-0.2, 0) is 0 Å². The Labute approximate surface area is 110 Å². The minimum absolute atomic E-state index is 0.263. The van der Waals surface area contributed by atoms with Crippen molar-refractivity contribution in [1.82, 2.24) is 10.6 Å². The van der Waals surface area contributed by atoms with Gasteiger partial charge in [0.2, 0.25) is 0 Å². The Morgan fingerprint density at radius 3 is 2.89 bits per heavy atom. The van der Waals surface area contributed by atoms with Gasteiger partial charge >= 0.3 is 0 Å². The average molecular weight is 248 g/mol. The maximum Gasteiger partial charge on any atom is 0.115 e. The van der Waals surface area contributed by atoms with E-state index in [1.807, 2.05) is 12.1 Å². The number of nitrogens with one attached hydrogen (secondary N) is 2. The van der Waals surface area contributed by atoms with Gasteiger partial charge in [-0.05, 0) is 43.0 Å². The van der Waals surface area contributed by atoms with Crippen LogP contribution in [0.4, 0.5) is 0 Å². The third-order valence-corrected chi connectivity index (χ3v) is 3.96. The van der Waals surface area contributed by atoms with Gasteiger partial charge in [-0.25, -0.2) is 0 Å². The Kier molecular flexibility index (Phi) is 3.93. The monoisotopic (exact) mass is 248 g/mol. The van der Waals surface area contributed by atoms with Gasteiger partial charge in [0.25, 0.3) is 0 Å². The summed E-state index contributed by atoms with van der Waals surface area (Å²) < 4.78 is 0. The predicted octanol–water partition coefficient (Wildman–Crippen LogP) is 2.43. The van der Waals surface area contributed by atoms with E-state index in [-0.39, 0.29) is 11.5 Å². The summed E-state index contributed by atoms with van der Waals surface area (Å²) in [6, 6.07) is 8.29. The quantitative estimate of drug-likeness (QED) is 0.770. The normalized spacial score (nSPS) is 24.7. The van der Waals surface area contributed by atoms with Crippen LogP contribution in [-0.4, -0.2) is 24.2 Å². The van der Waals surface area contributed by atoms with Crippen LogP contribution < -0.4 is 10.6 Å². The second-order valence-corrected chi connectivity index (χ2v) is 5.99. The summed E-state index contributed by atoms with van der Waals surface area (Å²) in [6.07, 6.45) is 1.15. The fourth-order valence-corrected chi connectivity index (χ4v) is 2.67. The number of aromatic hydroxyl groups is 1. The molecule has 18 heavy (non-hydrogen) atoms. The van der Waals surface area contributed by atoms with Crippen molar-refractivity contribution < 1.29 is 5.11 Å². The van der Waals surface area contributed by atoms with Gasteiger partial charge in [-0.15, -0.1) is 0 Å². The Morgan fingerprint density at radius 1 is 1.44 bits per heavy atom. The highest BCUT2D eigenvalue weighted by molar-refractivity contribution is 5.29. The van der Waals surface area contributed by atoms with Gasteiger partial charge in [-0.3, -0.25) is 0 Å². The second kappa shape index (κ2) is 5.29. The van der Waals surface area contributed by atoms with Gasteiger partial charge in [0, 0.05) is 18.6 Å². The van der Waals surface area contributed by atoms with Crippen LogP contribution >= 0.6 is 0 Å². The molecule has 1 aromatic carbocycles. The van der Waals surface area contributed by atoms with Crippen molar-refractivity contribution in [2.45, 2.75) is 39.3 Å². The number of phenols is 1. The summed E-state index contributed by atoms with van der Waals surface area (Å²) >= 11 is 0. The number of piperidine rings is 1. The van der Waals surface area contributed by atoms with Gasteiger partial charge in [0.15, 0.2) is 0 Å². The van der Waals surface area contributed by atoms with Crippen molar-refractivity contribution in [2.75, 3.05) is 13.1 Å². The third kappa shape index (κ3) is 3.03. The molecule has 0 spiro atoms. The molecule has 2 rings (SSSR count). The van der Waals surface area contributed by atoms with Gasteiger partial charge in [0.1, 0.15) is 5.75 Å². The molecule has 1 fully saturated rings. The maximum absolute atomic E-state index is 9.53. The van der Waals surface area contributed by atoms with Crippen molar-refractivity contribution in [3.05, 3.63) is 29.8 Å². The van der Waals surface area contributed by atoms with E-state index in [0.717, 1.165) is 25.1 Å². The predicted molar refractivity (Wildman–Crippen MR) is 74.7 cm³/mol. The second-order valence-electron chi connectivity index (χ2n) is 5.99. The fourth-order valence-electron chi connectivity index (χ4n) is 2.67. The van der Waals surface area contributed by atoms with Crippen molar-refractivity contribution in [3.63, 3.8) is 0 Å². The number of hydrogen-bond donors (Lipinski definition) is 3. The van der Waals surface area contributed by atoms with E-state index < -0.39 is 0 Å². The van der Waals surface area contributed by atoms with Crippen molar-refractivity contribution in [1.29, 1.82) is 0 Å². The van der Waals surface area contributed by atoms with Crippen molar-refractivity contribution in [3.8, 4) is 5.75 Å². The Bertz CT molecular complexity index is 403. The first kappa shape index (κ1) is 13.4. The molecule has 3 N–H and O–H groups in total. The number of hydrogen-bond acceptors (Lipinski definition) is 3. The van der Waals surface area contributed by atoms with Crippen LogP contribution in [0.15, 0.2) is 24.3 Å². The molecule has 0 aliphatic carbocycles. The summed E-state index contributed by atoms with van der Waals surface area (Å²) in [5.74, 6) is 0.339. The molecule has 1 heterocycles. The van der Waals surface area contributed by atoms with E-state index in [9.17, 15) is 5.11 Å². The van der Waals surface area contributed by atoms with Crippen LogP contribution in [0.2, 0.25) is 0 Å². The third-order valence-electron chi connectivity index (χ3n) is 3.96. The first-order valence-electron chi connectivity index (χ1n) is 6.75. The molecular weight excluding hydrogens is 224 g/mol. The first-order chi connectivity index (χ1) is 8.49. The standard InChI is InChI=1S/C15H24N2O/c1-11(12-5-4-6-13(18)9-12)17-14-7-8-16-10-15(14,2)3/h4-6,9,11,14,16-18H,7-8,10H2,1-3H3. The highest BCUT2D eigenvalue weighted by Crippen LogP contribution is 2.28. The Balaban J connectivity index is 2.04. The van der Waals surface area contributed by atoms with E-state index in [1.54, 1.807) is 6.07 Å². The SMILES string of the molecule is CC(NC1CCNCC1(C)C)c1cccc(O)c1. The maximum atomic E-state index is 9.53. The molecule has 3 heteroatoms. The lowest BCUT2D eigenvalue weighted by Gasteiger charge is -2.41. The zero-order valence-electron chi connectivity index (χ0n) is 11.5. The minimum atomic E-state index is 0.263. The first-order valence-corrected chi connectivity index (χ1v) is 6.75. The topological polar surface area (TPSA) is 44.3 Å². The Morgan fingerprint density at radius 2 is 2.22 bits per heavy atom. The minimum Gasteiger partial charge on any atom is -0.508 e. The molecule has 2 atom stereocenters. The van der Waals surface area contributed by atoms with Gasteiger partial charge in [-0.2, -0.15) is 0 Å². The van der Waals surface area contributed by atoms with Crippen LogP contribution in [0.3, 0.4) is 0 Å². The molecule has 100 valence electrons. The molecule has 0 aromatic heterocycles. The van der Waals surface area contributed by atoms with Crippen molar-refractivity contribution in [2.24, 2.45) is 5.41 Å². The average Bonchev–Trinajstić information content (AvgIpc) is 2.31. The number of rotatable bonds is 3. The molecule has 2 unspecified atom stereocenters. The van der Waals surface area contributed by atoms with Gasteiger partial charge in [0.05, 0.1) is 0 Å². The van der Waals surface area contributed by atoms with Crippen molar-refractivity contribution >= 4 is 0 Å². The van der Waals surface area contributed by atoms with Crippen LogP contribution in [0.1, 0.15) is 38.8 Å². The lowest BCUT2D eigenvalue weighted by molar-refractivity contribution is 0.174. The molecular formula is C15H24N2O. The van der Waals surface area contributed by atoms with E-state index in [2.05, 4.69) is 37.5 Å². The largest absolute Gasteiger partial charge is 0.508 e. The molecule has 0 radical (unpaired) electrons. The van der Waals surface area contributed by atoms with Crippen LogP contribution in [0.25, 0.3) is 0 Å². The smallest absolute Gasteiger partial charge is 0.115 e. The zero-order chi connectivity index (χ0) is 13.2. The molecule has 1 aromatic rings. The summed E-state index contributed by atoms with van der Waals surface area (Å²) in [7, 11) is 0. The number of benzene rings is 1. The van der Waals surface area contributed by atoms with Crippen LogP contribution in [0, 0.1) is 5.41 Å². The van der Waals surface area contributed by atoms with E-state index in [1.165, 1.54) is 0 Å². The molecule has 0 saturated carbocycles. The van der Waals surface area contributed by atoms with E-state index in [0.29, 0.717) is 11.8 Å². The lowest BCUT2D eigenvalue weighted by Crippen LogP contribution is -2.53. The molecule has 0 amide bonds.